The number of benzene rings is 9. The Labute approximate surface area is 422 Å². The zero-order valence-electron chi connectivity index (χ0n) is 42.1. The summed E-state index contributed by atoms with van der Waals surface area (Å²) in [6, 6.07) is 68.7. The first-order valence-corrected chi connectivity index (χ1v) is 26.0. The highest BCUT2D eigenvalue weighted by molar-refractivity contribution is 7.26. The van der Waals surface area contributed by atoms with E-state index in [-0.39, 0.29) is 23.0 Å². The van der Waals surface area contributed by atoms with Crippen LogP contribution in [0.2, 0.25) is 0 Å². The standard InChI is InChI=1S/C66H57BN2OS/c1-64(2,3)42-29-35-55-54(36-42)67-53-34-28-43(65(4,5)6)37-56(53)69(46-32-26-41(27-33-46)48-19-15-21-52-50-17-11-13-23-60(50)71-63(48)52)58-39-44(66(7,8)9)38-57(61(58)67)68(55)45-30-24-40(25-31-45)47-18-14-20-51-49-16-10-12-22-59(49)70-62(47)51/h10-39H,1-9H3. The lowest BCUT2D eigenvalue weighted by molar-refractivity contribution is 0.589. The van der Waals surface area contributed by atoms with E-state index in [1.54, 1.807) is 0 Å². The second-order valence-electron chi connectivity index (χ2n) is 23.0. The molecular formula is C66H57BN2OS. The third-order valence-corrected chi connectivity index (χ3v) is 16.6. The monoisotopic (exact) mass is 936 g/mol. The molecule has 346 valence electrons. The number of para-hydroxylation sites is 2. The van der Waals surface area contributed by atoms with Gasteiger partial charge in [-0.2, -0.15) is 0 Å². The van der Waals surface area contributed by atoms with Crippen LogP contribution in [-0.4, -0.2) is 6.71 Å². The molecular weight excluding hydrogens is 880 g/mol. The highest BCUT2D eigenvalue weighted by atomic mass is 32.1. The second kappa shape index (κ2) is 15.6. The van der Waals surface area contributed by atoms with Crippen molar-refractivity contribution < 1.29 is 4.42 Å². The van der Waals surface area contributed by atoms with E-state index in [1.165, 1.54) is 87.1 Å². The van der Waals surface area contributed by atoms with E-state index in [2.05, 4.69) is 248 Å². The Morgan fingerprint density at radius 3 is 1.62 bits per heavy atom. The number of hydrogen-bond acceptors (Lipinski definition) is 4. The van der Waals surface area contributed by atoms with Gasteiger partial charge in [-0.25, -0.2) is 0 Å². The van der Waals surface area contributed by atoms with Crippen LogP contribution in [0.4, 0.5) is 34.1 Å². The van der Waals surface area contributed by atoms with E-state index in [0.717, 1.165) is 44.4 Å². The Hall–Kier alpha value is -7.34. The van der Waals surface area contributed by atoms with Crippen molar-refractivity contribution in [2.45, 2.75) is 78.6 Å². The fourth-order valence-electron chi connectivity index (χ4n) is 11.4. The summed E-state index contributed by atoms with van der Waals surface area (Å²) in [5.74, 6) is 0. The summed E-state index contributed by atoms with van der Waals surface area (Å²) in [6.45, 7) is 21.1. The first-order valence-electron chi connectivity index (χ1n) is 25.2. The zero-order chi connectivity index (χ0) is 48.7. The molecule has 0 fully saturated rings. The Bertz CT molecular complexity index is 3950. The predicted molar refractivity (Wildman–Crippen MR) is 308 cm³/mol. The van der Waals surface area contributed by atoms with Gasteiger partial charge in [-0.1, -0.05) is 184 Å². The number of thiophene rings is 1. The van der Waals surface area contributed by atoms with Crippen molar-refractivity contribution in [2.75, 3.05) is 9.80 Å². The van der Waals surface area contributed by atoms with Crippen LogP contribution in [-0.2, 0) is 16.2 Å². The number of fused-ring (bicyclic) bond motifs is 10. The Balaban J connectivity index is 1.03. The summed E-state index contributed by atoms with van der Waals surface area (Å²) in [4.78, 5) is 5.15. The SMILES string of the molecule is CC(C)(C)c1ccc2c(c1)B1c3ccc(C(C)(C)C)cc3N(c3ccc(-c4cccc5c4sc4ccccc45)cc3)c3cc(C(C)(C)C)cc(c31)N2c1ccc(-c2cccc3c2oc2ccccc23)cc1. The Kier molecular flexibility index (Phi) is 9.58. The van der Waals surface area contributed by atoms with Crippen molar-refractivity contribution in [1.82, 2.24) is 0 Å². The number of hydrogen-bond donors (Lipinski definition) is 0. The van der Waals surface area contributed by atoms with E-state index >= 15 is 0 Å². The van der Waals surface area contributed by atoms with E-state index in [0.29, 0.717) is 0 Å². The molecule has 0 saturated carbocycles. The van der Waals surface area contributed by atoms with Gasteiger partial charge in [-0.3, -0.25) is 0 Å². The lowest BCUT2D eigenvalue weighted by Crippen LogP contribution is -2.61. The number of rotatable bonds is 4. The number of furan rings is 1. The lowest BCUT2D eigenvalue weighted by Gasteiger charge is -2.45. The highest BCUT2D eigenvalue weighted by Gasteiger charge is 2.45. The van der Waals surface area contributed by atoms with Gasteiger partial charge in [-0.05, 0) is 127 Å². The van der Waals surface area contributed by atoms with Crippen molar-refractivity contribution in [1.29, 1.82) is 0 Å². The molecule has 4 heterocycles. The van der Waals surface area contributed by atoms with Crippen LogP contribution < -0.4 is 26.2 Å². The largest absolute Gasteiger partial charge is 0.455 e. The molecule has 11 aromatic rings. The van der Waals surface area contributed by atoms with Gasteiger partial charge < -0.3 is 14.2 Å². The van der Waals surface area contributed by atoms with Crippen molar-refractivity contribution in [2.24, 2.45) is 0 Å². The summed E-state index contributed by atoms with van der Waals surface area (Å²) in [5, 5.41) is 4.93. The van der Waals surface area contributed by atoms with Crippen LogP contribution in [0.3, 0.4) is 0 Å². The molecule has 9 aromatic carbocycles. The average Bonchev–Trinajstić information content (AvgIpc) is 3.94. The second-order valence-corrected chi connectivity index (χ2v) is 24.0. The summed E-state index contributed by atoms with van der Waals surface area (Å²) in [6.07, 6.45) is 0. The molecule has 71 heavy (non-hydrogen) atoms. The molecule has 0 aliphatic carbocycles. The number of nitrogens with zero attached hydrogens (tertiary/aromatic N) is 2. The minimum Gasteiger partial charge on any atom is -0.455 e. The molecule has 5 heteroatoms. The molecule has 2 aliphatic heterocycles. The Morgan fingerprint density at radius 1 is 0.408 bits per heavy atom. The summed E-state index contributed by atoms with van der Waals surface area (Å²) in [7, 11) is 0. The molecule has 13 rings (SSSR count). The van der Waals surface area contributed by atoms with Gasteiger partial charge in [0.05, 0.1) is 0 Å². The molecule has 0 spiro atoms. The maximum atomic E-state index is 6.55. The van der Waals surface area contributed by atoms with E-state index < -0.39 is 0 Å². The Morgan fingerprint density at radius 2 is 0.944 bits per heavy atom. The molecule has 0 atom stereocenters. The number of anilines is 6. The van der Waals surface area contributed by atoms with Crippen LogP contribution >= 0.6 is 11.3 Å². The summed E-state index contributed by atoms with van der Waals surface area (Å²) < 4.78 is 9.21. The summed E-state index contributed by atoms with van der Waals surface area (Å²) in [5.41, 5.74) is 21.5. The molecule has 0 radical (unpaired) electrons. The maximum Gasteiger partial charge on any atom is 0.252 e. The normalized spacial score (nSPS) is 13.6. The van der Waals surface area contributed by atoms with Crippen LogP contribution in [0, 0.1) is 0 Å². The van der Waals surface area contributed by atoms with Gasteiger partial charge in [0, 0.05) is 70.6 Å². The van der Waals surface area contributed by atoms with Crippen LogP contribution in [0.1, 0.15) is 79.0 Å². The molecule has 2 aliphatic rings. The fraction of sp³-hybridized carbons (Fsp3) is 0.182. The van der Waals surface area contributed by atoms with Gasteiger partial charge in [0.25, 0.3) is 6.71 Å². The predicted octanol–water partition coefficient (Wildman–Crippen LogP) is 17.3. The third-order valence-electron chi connectivity index (χ3n) is 15.3. The first kappa shape index (κ1) is 43.7. The first-order chi connectivity index (χ1) is 34.1. The van der Waals surface area contributed by atoms with Crippen molar-refractivity contribution in [3.8, 4) is 22.3 Å². The molecule has 0 saturated heterocycles. The van der Waals surface area contributed by atoms with Crippen molar-refractivity contribution in [3.05, 3.63) is 199 Å². The van der Waals surface area contributed by atoms with Gasteiger partial charge >= 0.3 is 0 Å². The van der Waals surface area contributed by atoms with Gasteiger partial charge in [0.15, 0.2) is 0 Å². The molecule has 0 amide bonds. The van der Waals surface area contributed by atoms with Gasteiger partial charge in [0.1, 0.15) is 11.2 Å². The quantitative estimate of drug-likeness (QED) is 0.164. The zero-order valence-corrected chi connectivity index (χ0v) is 42.9. The molecule has 0 N–H and O–H groups in total. The van der Waals surface area contributed by atoms with E-state index in [1.807, 2.05) is 17.4 Å². The van der Waals surface area contributed by atoms with Crippen LogP contribution in [0.15, 0.2) is 186 Å². The minimum atomic E-state index is -0.135. The van der Waals surface area contributed by atoms with Crippen molar-refractivity contribution in [3.63, 3.8) is 0 Å². The molecule has 3 nitrogen and oxygen atoms in total. The van der Waals surface area contributed by atoms with E-state index in [9.17, 15) is 0 Å². The highest BCUT2D eigenvalue weighted by Crippen LogP contribution is 2.49. The summed E-state index contributed by atoms with van der Waals surface area (Å²) >= 11 is 1.89. The minimum absolute atomic E-state index is 0.0117. The fourth-order valence-corrected chi connectivity index (χ4v) is 12.7. The topological polar surface area (TPSA) is 19.6 Å². The third kappa shape index (κ3) is 6.91. The van der Waals surface area contributed by atoms with Gasteiger partial charge in [-0.15, -0.1) is 11.3 Å². The lowest BCUT2D eigenvalue weighted by atomic mass is 9.33. The average molecular weight is 937 g/mol. The van der Waals surface area contributed by atoms with E-state index in [4.69, 9.17) is 4.42 Å². The van der Waals surface area contributed by atoms with Crippen LogP contribution in [0.5, 0.6) is 0 Å². The van der Waals surface area contributed by atoms with Crippen LogP contribution in [0.25, 0.3) is 64.4 Å². The maximum absolute atomic E-state index is 6.55. The van der Waals surface area contributed by atoms with Crippen molar-refractivity contribution >= 4 is 111 Å². The molecule has 0 unspecified atom stereocenters. The smallest absolute Gasteiger partial charge is 0.252 e. The molecule has 2 aromatic heterocycles. The van der Waals surface area contributed by atoms with Gasteiger partial charge in [0.2, 0.25) is 0 Å². The molecule has 0 bridgehead atoms.